The van der Waals surface area contributed by atoms with Gasteiger partial charge in [-0.25, -0.2) is 13.8 Å². The molecule has 176 valence electrons. The van der Waals surface area contributed by atoms with Crippen LogP contribution in [-0.4, -0.2) is 44.9 Å². The topological polar surface area (TPSA) is 41.4 Å². The summed E-state index contributed by atoms with van der Waals surface area (Å²) in [6.07, 6.45) is 4.14. The van der Waals surface area contributed by atoms with Crippen molar-refractivity contribution in [3.63, 3.8) is 0 Å². The lowest BCUT2D eigenvalue weighted by atomic mass is 10.1. The quantitative estimate of drug-likeness (QED) is 0.436. The van der Waals surface area contributed by atoms with Gasteiger partial charge in [0.25, 0.3) is 5.91 Å². The van der Waals surface area contributed by atoms with Crippen LogP contribution in [0.2, 0.25) is 0 Å². The molecule has 1 aliphatic heterocycles. The number of carbonyl (C=O) groups is 1. The van der Waals surface area contributed by atoms with E-state index in [0.717, 1.165) is 67.7 Å². The second kappa shape index (κ2) is 10.4. The van der Waals surface area contributed by atoms with Crippen LogP contribution in [0.1, 0.15) is 61.3 Å². The molecule has 0 spiro atoms. The van der Waals surface area contributed by atoms with E-state index >= 15 is 0 Å². The first-order valence-corrected chi connectivity index (χ1v) is 11.9. The molecule has 2 aromatic carbocycles. The van der Waals surface area contributed by atoms with Gasteiger partial charge in [0, 0.05) is 19.6 Å². The zero-order chi connectivity index (χ0) is 23.4. The Bertz CT molecular complexity index is 1120. The number of nitrogens with zero attached hydrogens (tertiary/aromatic N) is 4. The Morgan fingerprint density at radius 2 is 1.85 bits per heavy atom. The molecule has 2 heterocycles. The summed E-state index contributed by atoms with van der Waals surface area (Å²) in [4.78, 5) is 22.0. The maximum Gasteiger partial charge on any atom is 0.257 e. The van der Waals surface area contributed by atoms with Crippen LogP contribution >= 0.6 is 0 Å². The Hall–Kier alpha value is -2.80. The second-order valence-corrected chi connectivity index (χ2v) is 8.84. The molecular weight excluding hydrogens is 422 g/mol. The summed E-state index contributed by atoms with van der Waals surface area (Å²) in [5, 5.41) is 0. The summed E-state index contributed by atoms with van der Waals surface area (Å²) in [7, 11) is 0. The van der Waals surface area contributed by atoms with Crippen LogP contribution in [0.3, 0.4) is 0 Å². The van der Waals surface area contributed by atoms with E-state index in [-0.39, 0.29) is 12.1 Å². The Morgan fingerprint density at radius 1 is 1.06 bits per heavy atom. The van der Waals surface area contributed by atoms with Gasteiger partial charge >= 0.3 is 0 Å². The molecule has 0 aliphatic carbocycles. The maximum atomic E-state index is 14.3. The van der Waals surface area contributed by atoms with E-state index in [1.807, 2.05) is 6.92 Å². The van der Waals surface area contributed by atoms with Crippen molar-refractivity contribution < 1.29 is 13.6 Å². The van der Waals surface area contributed by atoms with Gasteiger partial charge < -0.3 is 9.47 Å². The highest BCUT2D eigenvalue weighted by Gasteiger charge is 2.23. The van der Waals surface area contributed by atoms with Gasteiger partial charge in [-0.05, 0) is 74.7 Å². The number of aromatic nitrogens is 2. The molecule has 1 aromatic heterocycles. The predicted octanol–water partition coefficient (Wildman–Crippen LogP) is 5.37. The number of imidazole rings is 1. The number of carbonyl (C=O) groups excluding carboxylic acids is 1. The van der Waals surface area contributed by atoms with E-state index in [1.54, 1.807) is 4.90 Å². The normalized spacial score (nSPS) is 14.3. The first-order chi connectivity index (χ1) is 16.0. The van der Waals surface area contributed by atoms with Crippen LogP contribution in [0.25, 0.3) is 11.0 Å². The molecule has 5 nitrogen and oxygen atoms in total. The number of halogens is 2. The van der Waals surface area contributed by atoms with Gasteiger partial charge in [-0.1, -0.05) is 19.9 Å². The van der Waals surface area contributed by atoms with Gasteiger partial charge in [0.1, 0.15) is 17.5 Å². The fourth-order valence-corrected chi connectivity index (χ4v) is 4.64. The largest absolute Gasteiger partial charge is 0.331 e. The van der Waals surface area contributed by atoms with Crippen LogP contribution in [-0.2, 0) is 19.6 Å². The smallest absolute Gasteiger partial charge is 0.257 e. The number of aryl methyl sites for hydroxylation is 1. The Labute approximate surface area is 194 Å². The van der Waals surface area contributed by atoms with Crippen molar-refractivity contribution in [2.75, 3.05) is 19.6 Å². The van der Waals surface area contributed by atoms with Gasteiger partial charge in [-0.15, -0.1) is 0 Å². The number of fused-ring (bicyclic) bond motifs is 1. The SMILES string of the molecule is CCCN(Cc1nc2cc(CN3CCCC3)ccc2n1CCC)C(=O)c1cc(F)ccc1F. The van der Waals surface area contributed by atoms with Crippen LogP contribution in [0.5, 0.6) is 0 Å². The third kappa shape index (κ3) is 5.24. The fraction of sp³-hybridized carbons (Fsp3) is 0.462. The molecule has 1 aliphatic rings. The van der Waals surface area contributed by atoms with E-state index in [4.69, 9.17) is 4.98 Å². The van der Waals surface area contributed by atoms with Crippen molar-refractivity contribution in [3.05, 3.63) is 65.0 Å². The lowest BCUT2D eigenvalue weighted by Gasteiger charge is -2.23. The molecule has 3 aromatic rings. The summed E-state index contributed by atoms with van der Waals surface area (Å²) in [5.74, 6) is -1.08. The molecule has 33 heavy (non-hydrogen) atoms. The predicted molar refractivity (Wildman–Crippen MR) is 126 cm³/mol. The second-order valence-electron chi connectivity index (χ2n) is 8.84. The zero-order valence-corrected chi connectivity index (χ0v) is 19.5. The highest BCUT2D eigenvalue weighted by molar-refractivity contribution is 5.94. The molecule has 0 atom stereocenters. The first kappa shape index (κ1) is 23.4. The first-order valence-electron chi connectivity index (χ1n) is 11.9. The number of rotatable bonds is 9. The van der Waals surface area contributed by atoms with Crippen molar-refractivity contribution >= 4 is 16.9 Å². The van der Waals surface area contributed by atoms with Crippen LogP contribution in [0.4, 0.5) is 8.78 Å². The number of hydrogen-bond donors (Lipinski definition) is 0. The Balaban J connectivity index is 1.64. The van der Waals surface area contributed by atoms with Gasteiger partial charge in [-0.3, -0.25) is 9.69 Å². The maximum absolute atomic E-state index is 14.3. The molecule has 0 unspecified atom stereocenters. The van der Waals surface area contributed by atoms with E-state index < -0.39 is 17.5 Å². The molecule has 1 amide bonds. The zero-order valence-electron chi connectivity index (χ0n) is 19.5. The van der Waals surface area contributed by atoms with E-state index in [1.165, 1.54) is 18.4 Å². The minimum atomic E-state index is -0.712. The summed E-state index contributed by atoms with van der Waals surface area (Å²) in [5.41, 5.74) is 2.95. The van der Waals surface area contributed by atoms with Crippen molar-refractivity contribution in [2.45, 2.75) is 59.2 Å². The molecule has 4 rings (SSSR count). The lowest BCUT2D eigenvalue weighted by Crippen LogP contribution is -2.33. The lowest BCUT2D eigenvalue weighted by molar-refractivity contribution is 0.0732. The highest BCUT2D eigenvalue weighted by Crippen LogP contribution is 2.23. The van der Waals surface area contributed by atoms with E-state index in [2.05, 4.69) is 34.6 Å². The van der Waals surface area contributed by atoms with Crippen molar-refractivity contribution in [3.8, 4) is 0 Å². The highest BCUT2D eigenvalue weighted by atomic mass is 19.1. The average Bonchev–Trinajstić information content (AvgIpc) is 3.43. The number of benzene rings is 2. The fourth-order valence-electron chi connectivity index (χ4n) is 4.64. The molecule has 0 saturated carbocycles. The summed E-state index contributed by atoms with van der Waals surface area (Å²) < 4.78 is 30.2. The Kier molecular flexibility index (Phi) is 7.38. The van der Waals surface area contributed by atoms with Gasteiger partial charge in [-0.2, -0.15) is 0 Å². The van der Waals surface area contributed by atoms with Crippen LogP contribution in [0, 0.1) is 11.6 Å². The van der Waals surface area contributed by atoms with Crippen molar-refractivity contribution in [2.24, 2.45) is 0 Å². The third-order valence-corrected chi connectivity index (χ3v) is 6.22. The molecule has 1 saturated heterocycles. The van der Waals surface area contributed by atoms with Crippen LogP contribution < -0.4 is 0 Å². The average molecular weight is 455 g/mol. The Morgan fingerprint density at radius 3 is 2.58 bits per heavy atom. The van der Waals surface area contributed by atoms with Crippen molar-refractivity contribution in [1.82, 2.24) is 19.4 Å². The number of amides is 1. The molecule has 0 bridgehead atoms. The standard InChI is InChI=1S/C26H32F2N4O/c1-3-11-31(26(33)21-16-20(27)8-9-22(21)28)18-25-29-23-15-19(17-30-13-5-6-14-30)7-10-24(23)32(25)12-4-2/h7-10,15-16H,3-6,11-14,17-18H2,1-2H3. The van der Waals surface area contributed by atoms with Gasteiger partial charge in [0.05, 0.1) is 23.1 Å². The number of likely N-dealkylation sites (tertiary alicyclic amines) is 1. The van der Waals surface area contributed by atoms with E-state index in [9.17, 15) is 13.6 Å². The van der Waals surface area contributed by atoms with Crippen LogP contribution in [0.15, 0.2) is 36.4 Å². The van der Waals surface area contributed by atoms with Gasteiger partial charge in [0.2, 0.25) is 0 Å². The van der Waals surface area contributed by atoms with Crippen molar-refractivity contribution in [1.29, 1.82) is 0 Å². The summed E-state index contributed by atoms with van der Waals surface area (Å²) >= 11 is 0. The number of hydrogen-bond acceptors (Lipinski definition) is 3. The minimum Gasteiger partial charge on any atom is -0.331 e. The van der Waals surface area contributed by atoms with E-state index in [0.29, 0.717) is 13.0 Å². The molecule has 1 fully saturated rings. The molecular formula is C26H32F2N4O. The summed E-state index contributed by atoms with van der Waals surface area (Å²) in [6, 6.07) is 9.42. The molecule has 0 radical (unpaired) electrons. The van der Waals surface area contributed by atoms with Gasteiger partial charge in [0.15, 0.2) is 0 Å². The summed E-state index contributed by atoms with van der Waals surface area (Å²) in [6.45, 7) is 8.72. The molecule has 0 N–H and O–H groups in total. The molecule has 7 heteroatoms. The minimum absolute atomic E-state index is 0.241. The monoisotopic (exact) mass is 454 g/mol. The third-order valence-electron chi connectivity index (χ3n) is 6.22.